The van der Waals surface area contributed by atoms with E-state index >= 15 is 0 Å². The largest absolute Gasteiger partial charge is 0.450 e. The number of primary amides is 1. The van der Waals surface area contributed by atoms with Crippen molar-refractivity contribution in [3.8, 4) is 0 Å². The van der Waals surface area contributed by atoms with Crippen LogP contribution in [0.15, 0.2) is 160 Å². The number of allylic oxidation sites excluding steroid dienone is 17. The Kier molecular flexibility index (Phi) is 48.0. The maximum absolute atomic E-state index is 13.0. The van der Waals surface area contributed by atoms with Crippen molar-refractivity contribution in [1.29, 1.82) is 0 Å². The Morgan fingerprint density at radius 3 is 2.14 bits per heavy atom. The van der Waals surface area contributed by atoms with Gasteiger partial charge in [0.05, 0.1) is 36.6 Å². The highest BCUT2D eigenvalue weighted by molar-refractivity contribution is 5.95. The summed E-state index contributed by atoms with van der Waals surface area (Å²) in [6.07, 6.45) is 37.4. The third-order valence-corrected chi connectivity index (χ3v) is 11.5. The molecule has 2 heterocycles. The van der Waals surface area contributed by atoms with E-state index in [4.69, 9.17) is 4.74 Å². The number of carbonyl (C=O) groups is 5. The van der Waals surface area contributed by atoms with Crippen LogP contribution in [0, 0.1) is 0 Å². The van der Waals surface area contributed by atoms with Crippen LogP contribution < -0.4 is 27.1 Å². The fourth-order valence-corrected chi connectivity index (χ4v) is 7.13. The molecule has 15 heteroatoms. The van der Waals surface area contributed by atoms with Crippen molar-refractivity contribution in [2.24, 2.45) is 10.8 Å². The highest BCUT2D eigenvalue weighted by Gasteiger charge is 2.31. The number of amides is 5. The van der Waals surface area contributed by atoms with Crippen molar-refractivity contribution >= 4 is 36.1 Å². The lowest BCUT2D eigenvalue weighted by Gasteiger charge is -2.37. The van der Waals surface area contributed by atoms with E-state index in [0.29, 0.717) is 38.9 Å². The molecule has 1 fully saturated rings. The number of likely N-dealkylation sites (N-methyl/N-ethyl adjacent to an activating group) is 1. The van der Waals surface area contributed by atoms with Gasteiger partial charge in [0, 0.05) is 44.5 Å². The summed E-state index contributed by atoms with van der Waals surface area (Å²) in [6, 6.07) is -0.496. The Morgan fingerprint density at radius 1 is 0.938 bits per heavy atom. The summed E-state index contributed by atoms with van der Waals surface area (Å²) in [4.78, 5) is 60.7. The molecule has 0 aromatic rings. The standard InChI is InChI=1S/C22H29N3O.C17H26N2O3.C16H24N2O.C3H7NO2.2C3H8.C2H6/c1-16(2)19-12-13-20(24-23-19)21-9-4-5-14-25(21)22(26)15-18-8-6-7-17(3)10-11-18;1-5-19(4)16(20)15(18-17(21)22-13(2)3)12-14-10-8-6-7-9-11-14;1-6-14(4)16(18-15(5)7-2)9-8-13(3)10-11-17-12-19;1-2-6-3(4)5;2*1-3-2;1-2/h6-8,11-12,21,23H,1,4-5,9-10,13-15H2,2-3H3;6-10,13,15H,5,11-12H2,1-4H3,(H,18,21);6-7,9-10,12,18H,1,4,8,11H2,2-3,5H3,(H,17,19);2H2,1H3,(H2,4,5);2*3H2,1-2H3;1-2H3/b;;13-10+,15-7+,16-9-;;;;. The monoisotopic (exact) mass is 1120 g/mol. The average molecular weight is 1130 g/mol. The van der Waals surface area contributed by atoms with Crippen LogP contribution >= 0.6 is 0 Å². The first-order valence-electron chi connectivity index (χ1n) is 29.0. The summed E-state index contributed by atoms with van der Waals surface area (Å²) in [5.74, 6) is 0.101. The molecular formula is C66H108N8O7. The quantitative estimate of drug-likeness (QED) is 0.0341. The van der Waals surface area contributed by atoms with Crippen molar-refractivity contribution in [3.63, 3.8) is 0 Å². The topological polar surface area (TPSA) is 197 Å². The van der Waals surface area contributed by atoms with Crippen molar-refractivity contribution in [2.45, 2.75) is 193 Å². The lowest BCUT2D eigenvalue weighted by Crippen LogP contribution is -2.48. The van der Waals surface area contributed by atoms with E-state index in [1.165, 1.54) is 24.0 Å². The van der Waals surface area contributed by atoms with Crippen molar-refractivity contribution < 1.29 is 33.4 Å². The first kappa shape index (κ1) is 78.1. The minimum absolute atomic E-state index is 0.110. The highest BCUT2D eigenvalue weighted by atomic mass is 16.6. The van der Waals surface area contributed by atoms with Crippen LogP contribution in [0.5, 0.6) is 0 Å². The molecule has 2 aliphatic carbocycles. The Balaban J connectivity index is -0.00000102. The summed E-state index contributed by atoms with van der Waals surface area (Å²) >= 11 is 0. The average Bonchev–Trinajstić information content (AvgIpc) is 3.84. The van der Waals surface area contributed by atoms with E-state index in [-0.39, 0.29) is 24.0 Å². The number of nitrogens with two attached hydrogens (primary N) is 1. The molecule has 5 amide bonds. The first-order chi connectivity index (χ1) is 38.6. The van der Waals surface area contributed by atoms with Gasteiger partial charge in [0.15, 0.2) is 0 Å². The lowest BCUT2D eigenvalue weighted by atomic mass is 9.94. The van der Waals surface area contributed by atoms with Crippen molar-refractivity contribution in [3.05, 3.63) is 155 Å². The molecule has 4 aliphatic rings. The maximum Gasteiger partial charge on any atom is 0.408 e. The number of nitrogens with zero attached hydrogens (tertiary/aromatic N) is 3. The molecule has 1 saturated heterocycles. The van der Waals surface area contributed by atoms with Crippen LogP contribution in [0.4, 0.5) is 9.59 Å². The van der Waals surface area contributed by atoms with E-state index in [0.717, 1.165) is 96.6 Å². The van der Waals surface area contributed by atoms with Gasteiger partial charge in [-0.1, -0.05) is 176 Å². The zero-order chi connectivity index (χ0) is 62.1. The molecule has 2 unspecified atom stereocenters. The Hall–Kier alpha value is -7.16. The molecule has 2 atom stereocenters. The number of ether oxygens (including phenoxy) is 2. The number of carbonyl (C=O) groups excluding carboxylic acids is 5. The SMILES string of the molecule is C=C(C)C1=CCC(C2CCCCN2C(=O)CC2=CCC(C)=CC=C2)=NN1.C=CC(=C)/C(=C/C/C(C)=C/CNC=O)N/C(C)=C/C.CC.CCC.CCC.CCN(C)C(=O)C(CC1=CC=CC=CC1)NC(=O)OC(C)C.CCOC(N)=O. The zero-order valence-corrected chi connectivity index (χ0v) is 52.9. The number of hydrazone groups is 1. The van der Waals surface area contributed by atoms with E-state index in [2.05, 4.69) is 122 Å². The molecule has 0 saturated carbocycles. The molecular weight excluding hydrogens is 1020 g/mol. The molecule has 2 aliphatic heterocycles. The summed E-state index contributed by atoms with van der Waals surface area (Å²) in [5, 5.41) is 13.2. The summed E-state index contributed by atoms with van der Waals surface area (Å²) < 4.78 is 9.27. The van der Waals surface area contributed by atoms with Gasteiger partial charge in [-0.3, -0.25) is 19.8 Å². The van der Waals surface area contributed by atoms with E-state index < -0.39 is 18.2 Å². The number of likely N-dealkylation sites (tertiary alicyclic amines) is 1. The van der Waals surface area contributed by atoms with Gasteiger partial charge in [-0.2, -0.15) is 5.10 Å². The Morgan fingerprint density at radius 2 is 1.60 bits per heavy atom. The minimum Gasteiger partial charge on any atom is -0.450 e. The first-order valence-corrected chi connectivity index (χ1v) is 29.0. The molecule has 81 heavy (non-hydrogen) atoms. The van der Waals surface area contributed by atoms with Crippen LogP contribution in [0.1, 0.15) is 174 Å². The van der Waals surface area contributed by atoms with Gasteiger partial charge in [0.1, 0.15) is 6.04 Å². The smallest absolute Gasteiger partial charge is 0.408 e. The van der Waals surface area contributed by atoms with Gasteiger partial charge in [0.25, 0.3) is 0 Å². The second-order valence-corrected chi connectivity index (χ2v) is 19.4. The molecule has 4 rings (SSSR count). The predicted octanol–water partition coefficient (Wildman–Crippen LogP) is 14.4. The molecule has 0 spiro atoms. The van der Waals surface area contributed by atoms with Crippen LogP contribution in [-0.2, 0) is 23.9 Å². The van der Waals surface area contributed by atoms with Crippen molar-refractivity contribution in [1.82, 2.24) is 31.2 Å². The number of hydrogen-bond donors (Lipinski definition) is 5. The van der Waals surface area contributed by atoms with Gasteiger partial charge in [-0.25, -0.2) is 9.59 Å². The van der Waals surface area contributed by atoms with Crippen LogP contribution in [-0.4, -0.2) is 97.4 Å². The number of hydrogen-bond acceptors (Lipinski definition) is 10. The molecule has 454 valence electrons. The molecule has 0 aromatic carbocycles. The normalized spacial score (nSPS) is 15.6. The third-order valence-electron chi connectivity index (χ3n) is 11.5. The fourth-order valence-electron chi connectivity index (χ4n) is 7.13. The second kappa shape index (κ2) is 49.8. The van der Waals surface area contributed by atoms with E-state index in [9.17, 15) is 24.0 Å². The third kappa shape index (κ3) is 39.0. The number of nitrogens with one attached hydrogen (secondary N) is 4. The summed E-state index contributed by atoms with van der Waals surface area (Å²) in [7, 11) is 1.73. The summed E-state index contributed by atoms with van der Waals surface area (Å²) in [5.41, 5.74) is 18.3. The fraction of sp³-hybridized carbons (Fsp3) is 0.515. The minimum atomic E-state index is -0.711. The highest BCUT2D eigenvalue weighted by Crippen LogP contribution is 2.25. The van der Waals surface area contributed by atoms with E-state index in [1.807, 2.05) is 102 Å². The molecule has 0 radical (unpaired) electrons. The van der Waals surface area contributed by atoms with E-state index in [1.54, 1.807) is 38.8 Å². The van der Waals surface area contributed by atoms with Gasteiger partial charge in [0.2, 0.25) is 18.2 Å². The van der Waals surface area contributed by atoms with Gasteiger partial charge < -0.3 is 41.0 Å². The van der Waals surface area contributed by atoms with Gasteiger partial charge in [-0.05, 0) is 124 Å². The Bertz CT molecular complexity index is 2270. The molecule has 15 nitrogen and oxygen atoms in total. The molecule has 0 aromatic heterocycles. The van der Waals surface area contributed by atoms with Crippen molar-refractivity contribution in [2.75, 3.05) is 33.3 Å². The second-order valence-electron chi connectivity index (χ2n) is 19.4. The van der Waals surface area contributed by atoms with Crippen LogP contribution in [0.25, 0.3) is 0 Å². The van der Waals surface area contributed by atoms with Crippen LogP contribution in [0.3, 0.4) is 0 Å². The lowest BCUT2D eigenvalue weighted by molar-refractivity contribution is -0.133. The number of rotatable bonds is 20. The van der Waals surface area contributed by atoms with Crippen LogP contribution in [0.2, 0.25) is 0 Å². The molecule has 6 N–H and O–H groups in total. The van der Waals surface area contributed by atoms with Gasteiger partial charge in [-0.15, -0.1) is 0 Å². The number of alkyl carbamates (subject to hydrolysis) is 1. The number of piperidine rings is 1. The predicted molar refractivity (Wildman–Crippen MR) is 342 cm³/mol. The molecule has 0 bridgehead atoms. The Labute approximate surface area is 490 Å². The zero-order valence-electron chi connectivity index (χ0n) is 52.9. The maximum atomic E-state index is 13.0. The summed E-state index contributed by atoms with van der Waals surface area (Å²) in [6.45, 7) is 43.7. The van der Waals surface area contributed by atoms with Gasteiger partial charge >= 0.3 is 12.2 Å².